The van der Waals surface area contributed by atoms with Crippen molar-refractivity contribution in [2.24, 2.45) is 0 Å². The van der Waals surface area contributed by atoms with E-state index in [4.69, 9.17) is 0 Å². The third kappa shape index (κ3) is 7.68. The average Bonchev–Trinajstić information content (AvgIpc) is 2.89. The lowest BCUT2D eigenvalue weighted by Gasteiger charge is -2.34. The van der Waals surface area contributed by atoms with Gasteiger partial charge in [0, 0.05) is 25.5 Å². The SMILES string of the molecule is C[N+]([O-])(/C=C/C(F)(F)Cc1cccc2ccccc12)CCCCC(=O)NCc1ccc2ccccc2c1. The highest BCUT2D eigenvalue weighted by Crippen LogP contribution is 2.27. The van der Waals surface area contributed by atoms with Gasteiger partial charge in [-0.25, -0.2) is 8.78 Å². The van der Waals surface area contributed by atoms with Crippen molar-refractivity contribution in [3.05, 3.63) is 114 Å². The quantitative estimate of drug-likeness (QED) is 0.135. The lowest BCUT2D eigenvalue weighted by molar-refractivity contribution is -0.808. The number of quaternary nitrogens is 1. The van der Waals surface area contributed by atoms with Crippen molar-refractivity contribution in [3.63, 3.8) is 0 Å². The number of carbonyl (C=O) groups excluding carboxylic acids is 1. The number of hydroxylamine groups is 3. The van der Waals surface area contributed by atoms with Gasteiger partial charge in [-0.2, -0.15) is 0 Å². The maximum absolute atomic E-state index is 14.7. The molecule has 1 amide bonds. The molecule has 4 aromatic rings. The van der Waals surface area contributed by atoms with Crippen LogP contribution in [0.2, 0.25) is 0 Å². The first-order valence-corrected chi connectivity index (χ1v) is 12.6. The maximum Gasteiger partial charge on any atom is 0.275 e. The third-order valence-corrected chi connectivity index (χ3v) is 6.50. The first kappa shape index (κ1) is 26.5. The second-order valence-corrected chi connectivity index (χ2v) is 9.70. The van der Waals surface area contributed by atoms with E-state index in [1.807, 2.05) is 66.7 Å². The van der Waals surface area contributed by atoms with Gasteiger partial charge in [-0.05, 0) is 51.6 Å². The van der Waals surface area contributed by atoms with E-state index in [0.29, 0.717) is 24.9 Å². The van der Waals surface area contributed by atoms with Crippen molar-refractivity contribution < 1.29 is 18.2 Å². The summed E-state index contributed by atoms with van der Waals surface area (Å²) in [5.74, 6) is -3.23. The summed E-state index contributed by atoms with van der Waals surface area (Å²) in [4.78, 5) is 12.2. The molecular weight excluding hydrogens is 470 g/mol. The minimum absolute atomic E-state index is 0.0922. The number of fused-ring (bicyclic) bond motifs is 2. The van der Waals surface area contributed by atoms with Crippen LogP contribution in [0.25, 0.3) is 21.5 Å². The molecule has 1 unspecified atom stereocenters. The normalized spacial score (nSPS) is 13.7. The van der Waals surface area contributed by atoms with Crippen LogP contribution in [0.5, 0.6) is 0 Å². The topological polar surface area (TPSA) is 52.2 Å². The summed E-state index contributed by atoms with van der Waals surface area (Å²) in [5.41, 5.74) is 1.56. The molecule has 0 radical (unpaired) electrons. The first-order chi connectivity index (χ1) is 17.7. The largest absolute Gasteiger partial charge is 0.628 e. The lowest BCUT2D eigenvalue weighted by Crippen LogP contribution is -2.33. The standard InChI is InChI=1S/C31H32F2N2O2/c1-35(37,20-18-31(32,33)22-28-13-8-12-26-10-4-5-14-29(26)28)19-7-6-15-30(36)34-23-24-16-17-25-9-2-3-11-27(25)21-24/h2-5,8-14,16-18,20-21H,6-7,15,19,22-23H2,1H3,(H,34,36)/b20-18+. The number of benzene rings is 4. The van der Waals surface area contributed by atoms with E-state index in [2.05, 4.69) is 11.4 Å². The second-order valence-electron chi connectivity index (χ2n) is 9.70. The Bertz CT molecular complexity index is 1390. The molecule has 1 atom stereocenters. The summed E-state index contributed by atoms with van der Waals surface area (Å²) in [6, 6.07) is 26.9. The first-order valence-electron chi connectivity index (χ1n) is 12.6. The van der Waals surface area contributed by atoms with E-state index in [-0.39, 0.29) is 18.9 Å². The molecule has 0 heterocycles. The molecule has 0 spiro atoms. The van der Waals surface area contributed by atoms with Crippen LogP contribution in [-0.2, 0) is 17.8 Å². The van der Waals surface area contributed by atoms with Gasteiger partial charge in [0.15, 0.2) is 0 Å². The number of amides is 1. The summed E-state index contributed by atoms with van der Waals surface area (Å²) in [7, 11) is 1.35. The number of unbranched alkanes of at least 4 members (excludes halogenated alkanes) is 1. The van der Waals surface area contributed by atoms with Gasteiger partial charge in [0.25, 0.3) is 5.92 Å². The molecule has 0 bridgehead atoms. The zero-order valence-electron chi connectivity index (χ0n) is 21.0. The fraction of sp³-hybridized carbons (Fsp3) is 0.258. The number of nitrogens with zero attached hydrogens (tertiary/aromatic N) is 1. The molecule has 6 heteroatoms. The number of halogens is 2. The Morgan fingerprint density at radius 2 is 1.62 bits per heavy atom. The van der Waals surface area contributed by atoms with E-state index in [9.17, 15) is 18.8 Å². The van der Waals surface area contributed by atoms with Crippen molar-refractivity contribution in [1.29, 1.82) is 0 Å². The number of allylic oxidation sites excluding steroid dienone is 1. The lowest BCUT2D eigenvalue weighted by atomic mass is 9.99. The fourth-order valence-corrected chi connectivity index (χ4v) is 4.45. The van der Waals surface area contributed by atoms with Crippen molar-refractivity contribution in [2.45, 2.75) is 38.2 Å². The van der Waals surface area contributed by atoms with Crippen LogP contribution in [0, 0.1) is 5.21 Å². The Hall–Kier alpha value is -3.61. The zero-order valence-corrected chi connectivity index (χ0v) is 21.0. The Kier molecular flexibility index (Phi) is 8.31. The van der Waals surface area contributed by atoms with E-state index >= 15 is 0 Å². The third-order valence-electron chi connectivity index (χ3n) is 6.50. The minimum Gasteiger partial charge on any atom is -0.628 e. The summed E-state index contributed by atoms with van der Waals surface area (Å²) < 4.78 is 28.5. The van der Waals surface area contributed by atoms with E-state index in [0.717, 1.165) is 39.4 Å². The van der Waals surface area contributed by atoms with Crippen molar-refractivity contribution in [3.8, 4) is 0 Å². The van der Waals surface area contributed by atoms with Gasteiger partial charge < -0.3 is 15.2 Å². The molecule has 0 fully saturated rings. The Balaban J connectivity index is 1.21. The molecule has 0 aliphatic rings. The predicted molar refractivity (Wildman–Crippen MR) is 146 cm³/mol. The van der Waals surface area contributed by atoms with Crippen molar-refractivity contribution in [2.75, 3.05) is 13.6 Å². The highest BCUT2D eigenvalue weighted by atomic mass is 19.3. The van der Waals surface area contributed by atoms with Crippen LogP contribution in [0.15, 0.2) is 97.2 Å². The highest BCUT2D eigenvalue weighted by Gasteiger charge is 2.28. The number of hydrogen-bond donors (Lipinski definition) is 1. The smallest absolute Gasteiger partial charge is 0.275 e. The zero-order chi connectivity index (χ0) is 26.3. The van der Waals surface area contributed by atoms with Crippen LogP contribution >= 0.6 is 0 Å². The van der Waals surface area contributed by atoms with Gasteiger partial charge in [0.1, 0.15) is 0 Å². The number of hydrogen-bond acceptors (Lipinski definition) is 2. The molecule has 192 valence electrons. The van der Waals surface area contributed by atoms with Crippen LogP contribution < -0.4 is 5.32 Å². The van der Waals surface area contributed by atoms with Crippen molar-refractivity contribution >= 4 is 27.5 Å². The number of carbonyl (C=O) groups is 1. The Morgan fingerprint density at radius 3 is 2.43 bits per heavy atom. The second kappa shape index (κ2) is 11.6. The summed E-state index contributed by atoms with van der Waals surface area (Å²) >= 11 is 0. The molecule has 0 saturated heterocycles. The minimum atomic E-state index is -3.14. The molecule has 0 saturated carbocycles. The van der Waals surface area contributed by atoms with Crippen LogP contribution in [0.1, 0.15) is 30.4 Å². The van der Waals surface area contributed by atoms with E-state index in [1.165, 1.54) is 7.05 Å². The summed E-state index contributed by atoms with van der Waals surface area (Å²) in [5, 5.41) is 19.6. The molecule has 1 N–H and O–H groups in total. The molecule has 0 aliphatic heterocycles. The molecule has 4 nitrogen and oxygen atoms in total. The van der Waals surface area contributed by atoms with Gasteiger partial charge in [-0.1, -0.05) is 78.9 Å². The maximum atomic E-state index is 14.7. The van der Waals surface area contributed by atoms with Crippen molar-refractivity contribution in [1.82, 2.24) is 5.32 Å². The summed E-state index contributed by atoms with van der Waals surface area (Å²) in [6.07, 6.45) is 2.53. The molecular formula is C31H32F2N2O2. The van der Waals surface area contributed by atoms with Crippen LogP contribution in [0.4, 0.5) is 8.78 Å². The van der Waals surface area contributed by atoms with Gasteiger partial charge in [0.2, 0.25) is 5.91 Å². The molecule has 37 heavy (non-hydrogen) atoms. The molecule has 0 aliphatic carbocycles. The van der Waals surface area contributed by atoms with E-state index < -0.39 is 17.0 Å². The fourth-order valence-electron chi connectivity index (χ4n) is 4.45. The average molecular weight is 503 g/mol. The van der Waals surface area contributed by atoms with Gasteiger partial charge >= 0.3 is 0 Å². The number of nitrogens with one attached hydrogen (secondary N) is 1. The Labute approximate surface area is 216 Å². The van der Waals surface area contributed by atoms with Crippen LogP contribution in [0.3, 0.4) is 0 Å². The van der Waals surface area contributed by atoms with Gasteiger partial charge in [-0.15, -0.1) is 0 Å². The Morgan fingerprint density at radius 1 is 0.919 bits per heavy atom. The number of rotatable bonds is 11. The molecule has 4 rings (SSSR count). The van der Waals surface area contributed by atoms with E-state index in [1.54, 1.807) is 12.1 Å². The summed E-state index contributed by atoms with van der Waals surface area (Å²) in [6.45, 7) is 0.562. The number of alkyl halides is 2. The van der Waals surface area contributed by atoms with Crippen LogP contribution in [-0.4, -0.2) is 30.1 Å². The highest BCUT2D eigenvalue weighted by molar-refractivity contribution is 5.86. The predicted octanol–water partition coefficient (Wildman–Crippen LogP) is 7.12. The van der Waals surface area contributed by atoms with Gasteiger partial charge in [0.05, 0.1) is 19.8 Å². The monoisotopic (exact) mass is 502 g/mol. The molecule has 0 aromatic heterocycles. The molecule has 4 aromatic carbocycles. The van der Waals surface area contributed by atoms with Gasteiger partial charge in [-0.3, -0.25) is 4.79 Å².